The smallest absolute Gasteiger partial charge is 0.0147 e. The monoisotopic (exact) mass is 759 g/mol. The molecule has 0 spiro atoms. The largest absolute Gasteiger partial charge is 0.0683 e. The standard InChI is InChI=1S/C17H20.C14H14.C11H10.C9H12.3C2H6/c1-4-13(2)15-10-7-8-12-17(15)16-11-6-5-9-14(16)3;1-11-3-7-13(8-4-11)14-9-5-12(2)6-10-14;1-9-6-7-10-4-2-3-5-11(10)8-9;1-2-6-9-7-4-3-5-8-9;3*1-2/h5-13H,4H2,1-3H3;3-10H,1-2H3;2-8H,1H3;3-5,7-8H,2,6H2,1H3;3*1-2H3. The molecule has 0 aromatic heterocycles. The van der Waals surface area contributed by atoms with Gasteiger partial charge in [-0.3, -0.25) is 0 Å². The summed E-state index contributed by atoms with van der Waals surface area (Å²) in [6.45, 7) is 27.3. The first-order chi connectivity index (χ1) is 27.8. The molecular weight excluding hydrogens is 685 g/mol. The Kier molecular flexibility index (Phi) is 26.2. The molecule has 1 atom stereocenters. The van der Waals surface area contributed by atoms with E-state index in [0.29, 0.717) is 5.92 Å². The lowest BCUT2D eigenvalue weighted by atomic mass is 9.89. The summed E-state index contributed by atoms with van der Waals surface area (Å²) in [6.07, 6.45) is 3.63. The van der Waals surface area contributed by atoms with E-state index in [1.54, 1.807) is 0 Å². The maximum Gasteiger partial charge on any atom is -0.0147 e. The lowest BCUT2D eigenvalue weighted by Crippen LogP contribution is -1.95. The van der Waals surface area contributed by atoms with Crippen molar-refractivity contribution in [2.24, 2.45) is 0 Å². The van der Waals surface area contributed by atoms with Gasteiger partial charge in [-0.25, -0.2) is 0 Å². The van der Waals surface area contributed by atoms with Gasteiger partial charge in [-0.1, -0.05) is 255 Å². The maximum atomic E-state index is 2.30. The number of hydrogen-bond donors (Lipinski definition) is 0. The lowest BCUT2D eigenvalue weighted by molar-refractivity contribution is 0.735. The van der Waals surface area contributed by atoms with Gasteiger partial charge in [0.2, 0.25) is 0 Å². The average molecular weight is 759 g/mol. The van der Waals surface area contributed by atoms with E-state index >= 15 is 0 Å². The molecule has 0 fully saturated rings. The Morgan fingerprint density at radius 2 is 0.842 bits per heavy atom. The zero-order chi connectivity index (χ0) is 42.4. The Hall–Kier alpha value is -5.20. The molecule has 0 saturated heterocycles. The molecule has 0 N–H and O–H groups in total. The van der Waals surface area contributed by atoms with Crippen LogP contribution >= 0.6 is 0 Å². The van der Waals surface area contributed by atoms with Gasteiger partial charge in [-0.15, -0.1) is 0 Å². The summed E-state index contributed by atoms with van der Waals surface area (Å²) in [5.41, 5.74) is 13.5. The van der Waals surface area contributed by atoms with Crippen molar-refractivity contribution in [1.82, 2.24) is 0 Å². The van der Waals surface area contributed by atoms with Crippen LogP contribution in [0, 0.1) is 27.7 Å². The van der Waals surface area contributed by atoms with E-state index in [1.165, 1.54) is 85.7 Å². The number of fused-ring (bicyclic) bond motifs is 1. The van der Waals surface area contributed by atoms with Crippen LogP contribution in [-0.4, -0.2) is 0 Å². The van der Waals surface area contributed by atoms with Crippen molar-refractivity contribution in [1.29, 1.82) is 0 Å². The molecule has 0 heterocycles. The minimum absolute atomic E-state index is 0.616. The molecule has 57 heavy (non-hydrogen) atoms. The molecule has 7 aromatic rings. The number of hydrogen-bond acceptors (Lipinski definition) is 0. The van der Waals surface area contributed by atoms with Crippen molar-refractivity contribution in [3.05, 3.63) is 203 Å². The first kappa shape index (κ1) is 49.8. The Morgan fingerprint density at radius 3 is 1.35 bits per heavy atom. The Bertz CT molecular complexity index is 1970. The fraction of sp³-hybridized carbons (Fsp3) is 0.298. The van der Waals surface area contributed by atoms with Gasteiger partial charge < -0.3 is 0 Å². The summed E-state index contributed by atoms with van der Waals surface area (Å²) in [5.74, 6) is 0.616. The van der Waals surface area contributed by atoms with E-state index in [1.807, 2.05) is 41.5 Å². The third-order valence-corrected chi connectivity index (χ3v) is 9.26. The second kappa shape index (κ2) is 30.0. The number of aryl methyl sites for hydroxylation is 5. The van der Waals surface area contributed by atoms with Crippen LogP contribution in [0.25, 0.3) is 33.0 Å². The summed E-state index contributed by atoms with van der Waals surface area (Å²) in [4.78, 5) is 0. The van der Waals surface area contributed by atoms with Crippen LogP contribution in [-0.2, 0) is 6.42 Å². The SMILES string of the molecule is CC.CC.CC.CCC(C)c1ccccc1-c1ccccc1C.CCCc1ccccc1.Cc1ccc(-c2ccc(C)cc2)cc1.Cc1ccc2ccccc2c1. The van der Waals surface area contributed by atoms with Crippen LogP contribution < -0.4 is 0 Å². The van der Waals surface area contributed by atoms with Gasteiger partial charge in [0.1, 0.15) is 0 Å². The summed E-state index contributed by atoms with van der Waals surface area (Å²) in [7, 11) is 0. The van der Waals surface area contributed by atoms with E-state index in [4.69, 9.17) is 0 Å². The predicted molar refractivity (Wildman–Crippen MR) is 260 cm³/mol. The highest BCUT2D eigenvalue weighted by Gasteiger charge is 2.11. The average Bonchev–Trinajstić information content (AvgIpc) is 3.27. The first-order valence-corrected chi connectivity index (χ1v) is 21.6. The summed E-state index contributed by atoms with van der Waals surface area (Å²) in [5, 5.41) is 2.64. The minimum atomic E-state index is 0.616. The molecule has 0 amide bonds. The summed E-state index contributed by atoms with van der Waals surface area (Å²) >= 11 is 0. The number of benzene rings is 7. The molecular formula is C57H74. The van der Waals surface area contributed by atoms with Gasteiger partial charge in [-0.05, 0) is 96.2 Å². The minimum Gasteiger partial charge on any atom is -0.0683 e. The number of rotatable bonds is 6. The van der Waals surface area contributed by atoms with E-state index in [0.717, 1.165) is 0 Å². The molecule has 302 valence electrons. The molecule has 0 aliphatic carbocycles. The quantitative estimate of drug-likeness (QED) is 0.158. The second-order valence-electron chi connectivity index (χ2n) is 13.5. The normalized spacial score (nSPS) is 9.98. The van der Waals surface area contributed by atoms with Crippen molar-refractivity contribution in [2.45, 2.75) is 115 Å². The van der Waals surface area contributed by atoms with E-state index in [2.05, 4.69) is 218 Å². The maximum absolute atomic E-state index is 2.30. The summed E-state index contributed by atoms with van der Waals surface area (Å²) < 4.78 is 0. The molecule has 0 heteroatoms. The van der Waals surface area contributed by atoms with Crippen molar-refractivity contribution in [2.75, 3.05) is 0 Å². The van der Waals surface area contributed by atoms with Gasteiger partial charge in [0.05, 0.1) is 0 Å². The van der Waals surface area contributed by atoms with Gasteiger partial charge in [-0.2, -0.15) is 0 Å². The van der Waals surface area contributed by atoms with Crippen LogP contribution in [0.5, 0.6) is 0 Å². The van der Waals surface area contributed by atoms with Crippen LogP contribution in [0.4, 0.5) is 0 Å². The molecule has 7 aromatic carbocycles. The fourth-order valence-corrected chi connectivity index (χ4v) is 6.00. The third kappa shape index (κ3) is 18.1. The molecule has 1 unspecified atom stereocenters. The fourth-order valence-electron chi connectivity index (χ4n) is 6.00. The van der Waals surface area contributed by atoms with Crippen LogP contribution in [0.15, 0.2) is 170 Å². The van der Waals surface area contributed by atoms with Gasteiger partial charge in [0.25, 0.3) is 0 Å². The molecule has 0 aliphatic rings. The molecule has 7 rings (SSSR count). The van der Waals surface area contributed by atoms with Crippen molar-refractivity contribution < 1.29 is 0 Å². The van der Waals surface area contributed by atoms with E-state index in [-0.39, 0.29) is 0 Å². The molecule has 0 nitrogen and oxygen atoms in total. The summed E-state index contributed by atoms with van der Waals surface area (Å²) in [6, 6.07) is 60.1. The van der Waals surface area contributed by atoms with Crippen LogP contribution in [0.1, 0.15) is 114 Å². The molecule has 0 aliphatic heterocycles. The molecule has 0 bridgehead atoms. The molecule has 0 saturated carbocycles. The first-order valence-electron chi connectivity index (χ1n) is 21.6. The highest BCUT2D eigenvalue weighted by Crippen LogP contribution is 2.32. The second-order valence-corrected chi connectivity index (χ2v) is 13.5. The Balaban J connectivity index is 0.000000371. The Morgan fingerprint density at radius 1 is 0.404 bits per heavy atom. The topological polar surface area (TPSA) is 0 Å². The van der Waals surface area contributed by atoms with E-state index < -0.39 is 0 Å². The van der Waals surface area contributed by atoms with Crippen LogP contribution in [0.3, 0.4) is 0 Å². The van der Waals surface area contributed by atoms with Gasteiger partial charge >= 0.3 is 0 Å². The van der Waals surface area contributed by atoms with Crippen molar-refractivity contribution >= 4 is 10.8 Å². The lowest BCUT2D eigenvalue weighted by Gasteiger charge is -2.16. The highest BCUT2D eigenvalue weighted by atomic mass is 14.2. The van der Waals surface area contributed by atoms with Gasteiger partial charge in [0.15, 0.2) is 0 Å². The third-order valence-electron chi connectivity index (χ3n) is 9.26. The highest BCUT2D eigenvalue weighted by molar-refractivity contribution is 5.82. The zero-order valence-electron chi connectivity index (χ0n) is 37.9. The molecule has 0 radical (unpaired) electrons. The van der Waals surface area contributed by atoms with Crippen molar-refractivity contribution in [3.8, 4) is 22.3 Å². The van der Waals surface area contributed by atoms with Crippen LogP contribution in [0.2, 0.25) is 0 Å². The predicted octanol–water partition coefficient (Wildman–Crippen LogP) is 18.0. The Labute approximate surface area is 350 Å². The zero-order valence-corrected chi connectivity index (χ0v) is 37.9. The van der Waals surface area contributed by atoms with Crippen molar-refractivity contribution in [3.63, 3.8) is 0 Å². The van der Waals surface area contributed by atoms with E-state index in [9.17, 15) is 0 Å². The van der Waals surface area contributed by atoms with Gasteiger partial charge in [0, 0.05) is 0 Å².